The van der Waals surface area contributed by atoms with Crippen LogP contribution in [0.25, 0.3) is 0 Å². The van der Waals surface area contributed by atoms with Crippen molar-refractivity contribution in [2.24, 2.45) is 5.92 Å². The second kappa shape index (κ2) is 5.36. The molecular formula is C9H13IN2O. The molecule has 0 spiro atoms. The van der Waals surface area contributed by atoms with Crippen LogP contribution in [0, 0.1) is 9.49 Å². The van der Waals surface area contributed by atoms with Gasteiger partial charge in [-0.25, -0.2) is 9.97 Å². The summed E-state index contributed by atoms with van der Waals surface area (Å²) >= 11 is 2.16. The van der Waals surface area contributed by atoms with E-state index in [4.69, 9.17) is 4.74 Å². The van der Waals surface area contributed by atoms with Gasteiger partial charge in [-0.1, -0.05) is 13.8 Å². The van der Waals surface area contributed by atoms with Gasteiger partial charge in [0.2, 0.25) is 0 Å². The Morgan fingerprint density at radius 1 is 1.38 bits per heavy atom. The third kappa shape index (κ3) is 4.40. The van der Waals surface area contributed by atoms with Gasteiger partial charge in [0.05, 0.1) is 6.61 Å². The van der Waals surface area contributed by atoms with E-state index in [9.17, 15) is 0 Å². The molecule has 0 fully saturated rings. The Hall–Kier alpha value is -0.390. The van der Waals surface area contributed by atoms with Gasteiger partial charge in [0, 0.05) is 16.0 Å². The van der Waals surface area contributed by atoms with E-state index in [0.29, 0.717) is 18.5 Å². The number of rotatable bonds is 4. The lowest BCUT2D eigenvalue weighted by Crippen LogP contribution is -2.03. The standard InChI is InChI=1S/C9H13IN2O/c1-7(2)3-4-13-9-11-5-8(10)6-12-9/h5-7H,3-4H2,1-2H3. The van der Waals surface area contributed by atoms with Gasteiger partial charge in [-0.15, -0.1) is 0 Å². The van der Waals surface area contributed by atoms with Crippen molar-refractivity contribution in [1.82, 2.24) is 9.97 Å². The lowest BCUT2D eigenvalue weighted by molar-refractivity contribution is 0.268. The zero-order chi connectivity index (χ0) is 9.68. The number of ether oxygens (including phenoxy) is 1. The average Bonchev–Trinajstić information content (AvgIpc) is 2.08. The molecular weight excluding hydrogens is 279 g/mol. The number of nitrogens with zero attached hydrogens (tertiary/aromatic N) is 2. The van der Waals surface area contributed by atoms with Crippen LogP contribution in [0.4, 0.5) is 0 Å². The first-order valence-corrected chi connectivity index (χ1v) is 5.36. The van der Waals surface area contributed by atoms with Crippen molar-refractivity contribution >= 4 is 22.6 Å². The zero-order valence-corrected chi connectivity index (χ0v) is 9.98. The van der Waals surface area contributed by atoms with Crippen molar-refractivity contribution in [2.75, 3.05) is 6.61 Å². The molecule has 0 aliphatic carbocycles. The molecule has 0 amide bonds. The van der Waals surface area contributed by atoms with Gasteiger partial charge in [0.1, 0.15) is 0 Å². The van der Waals surface area contributed by atoms with Crippen LogP contribution in [0.2, 0.25) is 0 Å². The molecule has 1 aromatic heterocycles. The molecule has 1 aromatic rings. The monoisotopic (exact) mass is 292 g/mol. The van der Waals surface area contributed by atoms with Crippen molar-refractivity contribution in [1.29, 1.82) is 0 Å². The Balaban J connectivity index is 2.33. The van der Waals surface area contributed by atoms with E-state index in [2.05, 4.69) is 46.4 Å². The Labute approximate surface area is 92.1 Å². The normalized spacial score (nSPS) is 10.5. The second-order valence-corrected chi connectivity index (χ2v) is 4.46. The second-order valence-electron chi connectivity index (χ2n) is 3.21. The molecule has 0 N–H and O–H groups in total. The molecule has 1 rings (SSSR count). The van der Waals surface area contributed by atoms with Crippen LogP contribution in [-0.4, -0.2) is 16.6 Å². The van der Waals surface area contributed by atoms with Crippen LogP contribution < -0.4 is 4.74 Å². The molecule has 4 heteroatoms. The minimum Gasteiger partial charge on any atom is -0.463 e. The largest absolute Gasteiger partial charge is 0.463 e. The van der Waals surface area contributed by atoms with Crippen LogP contribution in [0.5, 0.6) is 6.01 Å². The maximum atomic E-state index is 5.35. The molecule has 0 bridgehead atoms. The molecule has 0 aromatic carbocycles. The van der Waals surface area contributed by atoms with Crippen LogP contribution >= 0.6 is 22.6 Å². The summed E-state index contributed by atoms with van der Waals surface area (Å²) in [6, 6.07) is 0.473. The first-order valence-electron chi connectivity index (χ1n) is 4.29. The fourth-order valence-corrected chi connectivity index (χ4v) is 1.04. The fraction of sp³-hybridized carbons (Fsp3) is 0.556. The molecule has 3 nitrogen and oxygen atoms in total. The average molecular weight is 292 g/mol. The highest BCUT2D eigenvalue weighted by Gasteiger charge is 1.98. The number of aromatic nitrogens is 2. The van der Waals surface area contributed by atoms with Gasteiger partial charge in [-0.2, -0.15) is 0 Å². The van der Waals surface area contributed by atoms with Crippen LogP contribution in [0.15, 0.2) is 12.4 Å². The van der Waals surface area contributed by atoms with Crippen molar-refractivity contribution in [3.05, 3.63) is 16.0 Å². The molecule has 0 saturated carbocycles. The van der Waals surface area contributed by atoms with Gasteiger partial charge in [-0.3, -0.25) is 0 Å². The summed E-state index contributed by atoms with van der Waals surface area (Å²) in [5, 5.41) is 0. The molecule has 0 atom stereocenters. The van der Waals surface area contributed by atoms with Gasteiger partial charge < -0.3 is 4.74 Å². The Morgan fingerprint density at radius 3 is 2.54 bits per heavy atom. The fourth-order valence-electron chi connectivity index (χ4n) is 0.761. The summed E-state index contributed by atoms with van der Waals surface area (Å²) in [5.74, 6) is 0.656. The van der Waals surface area contributed by atoms with Gasteiger partial charge in [0.15, 0.2) is 0 Å². The molecule has 0 aliphatic heterocycles. The summed E-state index contributed by atoms with van der Waals surface area (Å²) in [7, 11) is 0. The highest BCUT2D eigenvalue weighted by Crippen LogP contribution is 2.06. The van der Waals surface area contributed by atoms with Crippen LogP contribution in [0.1, 0.15) is 20.3 Å². The van der Waals surface area contributed by atoms with E-state index < -0.39 is 0 Å². The van der Waals surface area contributed by atoms with Crippen LogP contribution in [-0.2, 0) is 0 Å². The first-order chi connectivity index (χ1) is 6.18. The highest BCUT2D eigenvalue weighted by atomic mass is 127. The van der Waals surface area contributed by atoms with Gasteiger partial charge in [0.25, 0.3) is 0 Å². The van der Waals surface area contributed by atoms with Crippen LogP contribution in [0.3, 0.4) is 0 Å². The summed E-state index contributed by atoms with van der Waals surface area (Å²) < 4.78 is 6.37. The zero-order valence-electron chi connectivity index (χ0n) is 7.83. The lowest BCUT2D eigenvalue weighted by Gasteiger charge is -2.05. The molecule has 13 heavy (non-hydrogen) atoms. The van der Waals surface area contributed by atoms with Crippen molar-refractivity contribution in [2.45, 2.75) is 20.3 Å². The minimum absolute atomic E-state index is 0.473. The third-order valence-electron chi connectivity index (χ3n) is 1.52. The summed E-state index contributed by atoms with van der Waals surface area (Å²) in [6.07, 6.45) is 4.53. The summed E-state index contributed by atoms with van der Waals surface area (Å²) in [4.78, 5) is 8.07. The Morgan fingerprint density at radius 2 is 2.00 bits per heavy atom. The predicted molar refractivity (Wildman–Crippen MR) is 59.7 cm³/mol. The molecule has 0 saturated heterocycles. The smallest absolute Gasteiger partial charge is 0.316 e. The maximum absolute atomic E-state index is 5.35. The summed E-state index contributed by atoms with van der Waals surface area (Å²) in [5.41, 5.74) is 0. The van der Waals surface area contributed by atoms with Crippen molar-refractivity contribution in [3.8, 4) is 6.01 Å². The molecule has 0 aliphatic rings. The van der Waals surface area contributed by atoms with Gasteiger partial charge in [-0.05, 0) is 34.9 Å². The first kappa shape index (κ1) is 10.7. The number of halogens is 1. The summed E-state index contributed by atoms with van der Waals surface area (Å²) in [6.45, 7) is 5.02. The van der Waals surface area contributed by atoms with Gasteiger partial charge >= 0.3 is 6.01 Å². The quantitative estimate of drug-likeness (QED) is 0.800. The van der Waals surface area contributed by atoms with E-state index in [1.807, 2.05) is 0 Å². The maximum Gasteiger partial charge on any atom is 0.316 e. The van der Waals surface area contributed by atoms with E-state index in [1.165, 1.54) is 0 Å². The van der Waals surface area contributed by atoms with E-state index in [1.54, 1.807) is 12.4 Å². The third-order valence-corrected chi connectivity index (χ3v) is 2.08. The molecule has 0 radical (unpaired) electrons. The molecule has 0 unspecified atom stereocenters. The Bertz CT molecular complexity index is 248. The van der Waals surface area contributed by atoms with E-state index in [-0.39, 0.29) is 0 Å². The highest BCUT2D eigenvalue weighted by molar-refractivity contribution is 14.1. The van der Waals surface area contributed by atoms with Crippen molar-refractivity contribution < 1.29 is 4.74 Å². The van der Waals surface area contributed by atoms with E-state index in [0.717, 1.165) is 9.99 Å². The lowest BCUT2D eigenvalue weighted by atomic mass is 10.1. The van der Waals surface area contributed by atoms with Crippen molar-refractivity contribution in [3.63, 3.8) is 0 Å². The Kier molecular flexibility index (Phi) is 4.41. The minimum atomic E-state index is 0.473. The van der Waals surface area contributed by atoms with E-state index >= 15 is 0 Å². The topological polar surface area (TPSA) is 35.0 Å². The number of hydrogen-bond donors (Lipinski definition) is 0. The molecule has 1 heterocycles. The predicted octanol–water partition coefficient (Wildman–Crippen LogP) is 2.51. The SMILES string of the molecule is CC(C)CCOc1ncc(I)cn1. The number of hydrogen-bond acceptors (Lipinski definition) is 3. The molecule has 72 valence electrons.